The Balaban J connectivity index is 1.11. The van der Waals surface area contributed by atoms with Crippen LogP contribution in [-0.2, 0) is 5.41 Å². The average molecular weight is 743 g/mol. The number of nitrogens with zero attached hydrogens (tertiary/aromatic N) is 2. The molecular formula is C54H34N2S. The van der Waals surface area contributed by atoms with Crippen LogP contribution < -0.4 is 4.90 Å². The average Bonchev–Trinajstić information content (AvgIpc) is 3.80. The molecule has 12 rings (SSSR count). The van der Waals surface area contributed by atoms with Gasteiger partial charge in [-0.2, -0.15) is 0 Å². The van der Waals surface area contributed by atoms with Crippen LogP contribution in [0.15, 0.2) is 206 Å². The molecule has 2 nitrogen and oxygen atoms in total. The lowest BCUT2D eigenvalue weighted by Gasteiger charge is -2.44. The van der Waals surface area contributed by atoms with Gasteiger partial charge in [0.05, 0.1) is 22.5 Å². The number of rotatable bonds is 4. The largest absolute Gasteiger partial charge is 0.294 e. The molecule has 3 heterocycles. The standard InChI is InChI=1S/C54H34N2S/c1-3-15-35(16-4-1)39-32-48(36-17-5-2-6-18-36)55-53(34-39)56-49-24-12-10-22-45(49)54(46-23-11-13-25-50(46)56)44-21-9-7-19-40(44)41-29-27-37(31-47(41)54)38-28-30-43-42-20-8-14-26-51(42)57-52(43)33-38/h1-34H. The van der Waals surface area contributed by atoms with Gasteiger partial charge in [0.1, 0.15) is 5.82 Å². The molecule has 1 aliphatic heterocycles. The molecule has 0 atom stereocenters. The molecule has 266 valence electrons. The summed E-state index contributed by atoms with van der Waals surface area (Å²) >= 11 is 1.87. The van der Waals surface area contributed by atoms with Crippen molar-refractivity contribution < 1.29 is 0 Å². The van der Waals surface area contributed by atoms with Crippen LogP contribution in [0.1, 0.15) is 22.3 Å². The van der Waals surface area contributed by atoms with Gasteiger partial charge in [-0.25, -0.2) is 4.98 Å². The number of hydrogen-bond donors (Lipinski definition) is 0. The second-order valence-electron chi connectivity index (χ2n) is 15.1. The Hall–Kier alpha value is -7.07. The first-order valence-electron chi connectivity index (χ1n) is 19.5. The van der Waals surface area contributed by atoms with Gasteiger partial charge in [-0.05, 0) is 98.1 Å². The molecule has 0 fully saturated rings. The summed E-state index contributed by atoms with van der Waals surface area (Å²) in [5.41, 5.74) is 16.2. The summed E-state index contributed by atoms with van der Waals surface area (Å²) in [5, 5.41) is 2.65. The first kappa shape index (κ1) is 32.2. The molecule has 0 saturated heterocycles. The molecule has 2 aromatic heterocycles. The van der Waals surface area contributed by atoms with E-state index in [9.17, 15) is 0 Å². The van der Waals surface area contributed by atoms with Crippen LogP contribution >= 0.6 is 11.3 Å². The molecule has 0 radical (unpaired) electrons. The molecule has 3 heteroatoms. The van der Waals surface area contributed by atoms with Gasteiger partial charge in [-0.1, -0.05) is 164 Å². The van der Waals surface area contributed by atoms with Crippen molar-refractivity contribution in [2.45, 2.75) is 5.41 Å². The highest BCUT2D eigenvalue weighted by molar-refractivity contribution is 7.25. The summed E-state index contributed by atoms with van der Waals surface area (Å²) in [6.45, 7) is 0. The van der Waals surface area contributed by atoms with Crippen molar-refractivity contribution in [3.63, 3.8) is 0 Å². The van der Waals surface area contributed by atoms with Gasteiger partial charge < -0.3 is 0 Å². The van der Waals surface area contributed by atoms with Crippen molar-refractivity contribution in [1.82, 2.24) is 4.98 Å². The molecule has 57 heavy (non-hydrogen) atoms. The maximum atomic E-state index is 5.48. The fourth-order valence-electron chi connectivity index (χ4n) is 9.62. The molecule has 2 aliphatic rings. The van der Waals surface area contributed by atoms with E-state index in [0.29, 0.717) is 0 Å². The van der Waals surface area contributed by atoms with Crippen molar-refractivity contribution >= 4 is 48.7 Å². The number of para-hydroxylation sites is 2. The van der Waals surface area contributed by atoms with Gasteiger partial charge in [-0.15, -0.1) is 11.3 Å². The number of fused-ring (bicyclic) bond motifs is 12. The van der Waals surface area contributed by atoms with Crippen LogP contribution in [0.25, 0.3) is 64.8 Å². The minimum absolute atomic E-state index is 0.549. The molecule has 0 bridgehead atoms. The van der Waals surface area contributed by atoms with Gasteiger partial charge >= 0.3 is 0 Å². The second-order valence-corrected chi connectivity index (χ2v) is 16.1. The van der Waals surface area contributed by atoms with E-state index in [4.69, 9.17) is 4.98 Å². The third-order valence-electron chi connectivity index (χ3n) is 12.1. The number of thiophene rings is 1. The predicted molar refractivity (Wildman–Crippen MR) is 239 cm³/mol. The normalized spacial score (nSPS) is 13.4. The van der Waals surface area contributed by atoms with Crippen LogP contribution in [0, 0.1) is 0 Å². The van der Waals surface area contributed by atoms with E-state index in [2.05, 4.69) is 211 Å². The van der Waals surface area contributed by atoms with E-state index < -0.39 is 5.41 Å². The fourth-order valence-corrected chi connectivity index (χ4v) is 10.8. The van der Waals surface area contributed by atoms with Crippen molar-refractivity contribution in [1.29, 1.82) is 0 Å². The molecule has 0 unspecified atom stereocenters. The lowest BCUT2D eigenvalue weighted by atomic mass is 9.64. The van der Waals surface area contributed by atoms with Crippen LogP contribution in [0.4, 0.5) is 17.2 Å². The maximum absolute atomic E-state index is 5.48. The van der Waals surface area contributed by atoms with Crippen molar-refractivity contribution in [3.05, 3.63) is 229 Å². The van der Waals surface area contributed by atoms with Crippen LogP contribution in [0.5, 0.6) is 0 Å². The summed E-state index contributed by atoms with van der Waals surface area (Å²) in [4.78, 5) is 7.87. The zero-order valence-corrected chi connectivity index (χ0v) is 31.7. The SMILES string of the molecule is c1ccc(-c2cc(-c3ccccc3)nc(N3c4ccccc4C4(c5ccccc5-c5ccc(-c6ccc7c(c6)sc6ccccc67)cc54)c4ccccc43)c2)cc1. The molecule has 0 saturated carbocycles. The van der Waals surface area contributed by atoms with E-state index >= 15 is 0 Å². The lowest BCUT2D eigenvalue weighted by molar-refractivity contribution is 0.751. The Labute approximate surface area is 335 Å². The van der Waals surface area contributed by atoms with Gasteiger partial charge in [0.25, 0.3) is 0 Å². The summed E-state index contributed by atoms with van der Waals surface area (Å²) in [6.07, 6.45) is 0. The third-order valence-corrected chi connectivity index (χ3v) is 13.2. The van der Waals surface area contributed by atoms with Crippen molar-refractivity contribution in [2.75, 3.05) is 4.90 Å². The van der Waals surface area contributed by atoms with Gasteiger partial charge in [-0.3, -0.25) is 4.90 Å². The minimum atomic E-state index is -0.549. The topological polar surface area (TPSA) is 16.1 Å². The highest BCUT2D eigenvalue weighted by atomic mass is 32.1. The molecule has 8 aromatic carbocycles. The monoisotopic (exact) mass is 742 g/mol. The van der Waals surface area contributed by atoms with Gasteiger partial charge in [0.2, 0.25) is 0 Å². The number of anilines is 3. The highest BCUT2D eigenvalue weighted by Gasteiger charge is 2.51. The lowest BCUT2D eigenvalue weighted by Crippen LogP contribution is -2.36. The van der Waals surface area contributed by atoms with E-state index in [1.54, 1.807) is 0 Å². The molecule has 0 amide bonds. The van der Waals surface area contributed by atoms with Crippen molar-refractivity contribution in [2.24, 2.45) is 0 Å². The van der Waals surface area contributed by atoms with E-state index in [1.165, 1.54) is 64.7 Å². The first-order chi connectivity index (χ1) is 28.3. The zero-order valence-electron chi connectivity index (χ0n) is 30.9. The van der Waals surface area contributed by atoms with Gasteiger partial charge in [0, 0.05) is 25.7 Å². The third kappa shape index (κ3) is 4.73. The highest BCUT2D eigenvalue weighted by Crippen LogP contribution is 2.63. The molecule has 10 aromatic rings. The fraction of sp³-hybridized carbons (Fsp3) is 0.0185. The van der Waals surface area contributed by atoms with E-state index in [1.807, 2.05) is 11.3 Å². The van der Waals surface area contributed by atoms with E-state index in [-0.39, 0.29) is 0 Å². The summed E-state index contributed by atoms with van der Waals surface area (Å²) in [7, 11) is 0. The maximum Gasteiger partial charge on any atom is 0.138 e. The molecule has 1 aliphatic carbocycles. The summed E-state index contributed by atoms with van der Waals surface area (Å²) < 4.78 is 2.64. The second kappa shape index (κ2) is 12.5. The Morgan fingerprint density at radius 1 is 0.368 bits per heavy atom. The predicted octanol–water partition coefficient (Wildman–Crippen LogP) is 14.6. The number of hydrogen-bond acceptors (Lipinski definition) is 3. The van der Waals surface area contributed by atoms with Gasteiger partial charge in [0.15, 0.2) is 0 Å². The number of aromatic nitrogens is 1. The summed E-state index contributed by atoms with van der Waals surface area (Å²) in [6, 6.07) is 75.6. The van der Waals surface area contributed by atoms with Crippen LogP contribution in [0.2, 0.25) is 0 Å². The Bertz CT molecular complexity index is 3090. The quantitative estimate of drug-likeness (QED) is 0.178. The van der Waals surface area contributed by atoms with Crippen LogP contribution in [0.3, 0.4) is 0 Å². The van der Waals surface area contributed by atoms with Crippen LogP contribution in [-0.4, -0.2) is 4.98 Å². The van der Waals surface area contributed by atoms with Crippen molar-refractivity contribution in [3.8, 4) is 44.6 Å². The number of pyridine rings is 1. The Morgan fingerprint density at radius 3 is 1.72 bits per heavy atom. The minimum Gasteiger partial charge on any atom is -0.294 e. The molecule has 0 N–H and O–H groups in total. The summed E-state index contributed by atoms with van der Waals surface area (Å²) in [5.74, 6) is 0.891. The molecular weight excluding hydrogens is 709 g/mol. The van der Waals surface area contributed by atoms with E-state index in [0.717, 1.165) is 39.6 Å². The number of benzene rings is 8. The Morgan fingerprint density at radius 2 is 0.947 bits per heavy atom. The molecule has 1 spiro atoms. The zero-order chi connectivity index (χ0) is 37.5. The smallest absolute Gasteiger partial charge is 0.138 e. The Kier molecular flexibility index (Phi) is 7.05. The first-order valence-corrected chi connectivity index (χ1v) is 20.4.